The number of fused-ring (bicyclic) bond motifs is 3. The monoisotopic (exact) mass is 450 g/mol. The van der Waals surface area contributed by atoms with E-state index in [9.17, 15) is 14.4 Å². The summed E-state index contributed by atoms with van der Waals surface area (Å²) in [6.07, 6.45) is 3.06. The van der Waals surface area contributed by atoms with E-state index in [-0.39, 0.29) is 36.8 Å². The minimum absolute atomic E-state index is 0.0130. The van der Waals surface area contributed by atoms with Crippen molar-refractivity contribution in [1.29, 1.82) is 0 Å². The lowest BCUT2D eigenvalue weighted by Crippen LogP contribution is -2.40. The lowest BCUT2D eigenvalue weighted by molar-refractivity contribution is -0.143. The second kappa shape index (κ2) is 10.5. The summed E-state index contributed by atoms with van der Waals surface area (Å²) in [5.41, 5.74) is 4.69. The van der Waals surface area contributed by atoms with Crippen LogP contribution in [0.2, 0.25) is 0 Å². The van der Waals surface area contributed by atoms with E-state index in [1.165, 1.54) is 11.1 Å². The number of carbonyl (C=O) groups is 3. The number of carbonyl (C=O) groups excluding carboxylic acids is 2. The molecule has 1 saturated carbocycles. The number of ether oxygens (including phenoxy) is 1. The van der Waals surface area contributed by atoms with Crippen LogP contribution in [0.15, 0.2) is 48.5 Å². The molecule has 0 spiro atoms. The van der Waals surface area contributed by atoms with Crippen LogP contribution in [-0.4, -0.2) is 42.3 Å². The van der Waals surface area contributed by atoms with Crippen molar-refractivity contribution in [3.8, 4) is 11.1 Å². The van der Waals surface area contributed by atoms with Gasteiger partial charge in [0.1, 0.15) is 6.61 Å². The van der Waals surface area contributed by atoms with E-state index in [1.807, 2.05) is 24.3 Å². The topological polar surface area (TPSA) is 105 Å². The number of carboxylic acids is 1. The first-order valence-corrected chi connectivity index (χ1v) is 11.6. The van der Waals surface area contributed by atoms with E-state index in [0.29, 0.717) is 25.8 Å². The molecule has 0 heterocycles. The summed E-state index contributed by atoms with van der Waals surface area (Å²) in [5, 5.41) is 14.8. The third-order valence-electron chi connectivity index (χ3n) is 6.58. The number of hydrogen-bond acceptors (Lipinski definition) is 4. The van der Waals surface area contributed by atoms with Gasteiger partial charge in [0.2, 0.25) is 5.91 Å². The molecule has 3 N–H and O–H groups in total. The zero-order valence-corrected chi connectivity index (χ0v) is 18.6. The third kappa shape index (κ3) is 5.53. The highest BCUT2D eigenvalue weighted by atomic mass is 16.5. The maximum Gasteiger partial charge on any atom is 0.407 e. The smallest absolute Gasteiger partial charge is 0.407 e. The van der Waals surface area contributed by atoms with Gasteiger partial charge in [0.05, 0.1) is 5.92 Å². The average Bonchev–Trinajstić information content (AvgIpc) is 3.14. The molecule has 7 heteroatoms. The molecule has 0 radical (unpaired) electrons. The Bertz CT molecular complexity index is 976. The predicted molar refractivity (Wildman–Crippen MR) is 124 cm³/mol. The highest BCUT2D eigenvalue weighted by Gasteiger charge is 2.29. The fourth-order valence-electron chi connectivity index (χ4n) is 4.93. The van der Waals surface area contributed by atoms with Gasteiger partial charge < -0.3 is 20.5 Å². The van der Waals surface area contributed by atoms with Gasteiger partial charge in [-0.15, -0.1) is 0 Å². The van der Waals surface area contributed by atoms with E-state index in [0.717, 1.165) is 24.0 Å². The molecule has 2 aliphatic carbocycles. The van der Waals surface area contributed by atoms with Gasteiger partial charge in [0.25, 0.3) is 0 Å². The van der Waals surface area contributed by atoms with Crippen LogP contribution in [-0.2, 0) is 14.3 Å². The van der Waals surface area contributed by atoms with Gasteiger partial charge in [-0.05, 0) is 47.9 Å². The largest absolute Gasteiger partial charge is 0.481 e. The fraction of sp³-hybridized carbons (Fsp3) is 0.423. The van der Waals surface area contributed by atoms with Crippen molar-refractivity contribution in [2.24, 2.45) is 5.92 Å². The standard InChI is InChI=1S/C26H30N2O5/c29-24(28-18-8-5-7-17(15-18)25(30)31)13-6-14-27-26(32)33-16-23-21-11-3-1-9-19(21)20-10-2-4-12-22(20)23/h1-4,9-12,17-18,23H,5-8,13-16H2,(H,27,32)(H,28,29)(H,30,31). The molecule has 2 aromatic carbocycles. The Balaban J connectivity index is 1.17. The molecule has 2 amide bonds. The van der Waals surface area contributed by atoms with Gasteiger partial charge in [-0.25, -0.2) is 4.79 Å². The van der Waals surface area contributed by atoms with Crippen LogP contribution in [0.25, 0.3) is 11.1 Å². The van der Waals surface area contributed by atoms with E-state index in [2.05, 4.69) is 34.9 Å². The second-order valence-corrected chi connectivity index (χ2v) is 8.82. The number of hydrogen-bond donors (Lipinski definition) is 3. The molecular weight excluding hydrogens is 420 g/mol. The minimum atomic E-state index is -0.791. The Labute approximate surface area is 193 Å². The lowest BCUT2D eigenvalue weighted by atomic mass is 9.86. The number of amides is 2. The molecule has 33 heavy (non-hydrogen) atoms. The summed E-state index contributed by atoms with van der Waals surface area (Å²) in [5.74, 6) is -1.26. The van der Waals surface area contributed by atoms with E-state index < -0.39 is 12.1 Å². The second-order valence-electron chi connectivity index (χ2n) is 8.82. The molecule has 0 bridgehead atoms. The Morgan fingerprint density at radius 3 is 2.30 bits per heavy atom. The number of nitrogens with one attached hydrogen (secondary N) is 2. The molecule has 1 fully saturated rings. The van der Waals surface area contributed by atoms with Crippen LogP contribution in [0.4, 0.5) is 4.79 Å². The first kappa shape index (κ1) is 22.8. The SMILES string of the molecule is O=C(CCCNC(=O)OCC1c2ccccc2-c2ccccc21)NC1CCCC(C(=O)O)C1. The molecule has 7 nitrogen and oxygen atoms in total. The highest BCUT2D eigenvalue weighted by Crippen LogP contribution is 2.44. The molecule has 2 atom stereocenters. The Morgan fingerprint density at radius 1 is 0.970 bits per heavy atom. The summed E-state index contributed by atoms with van der Waals surface area (Å²) < 4.78 is 5.50. The normalized spacial score (nSPS) is 19.3. The summed E-state index contributed by atoms with van der Waals surface area (Å²) in [6.45, 7) is 0.597. The molecule has 174 valence electrons. The van der Waals surface area contributed by atoms with Crippen molar-refractivity contribution < 1.29 is 24.2 Å². The molecule has 2 aromatic rings. The zero-order chi connectivity index (χ0) is 23.2. The van der Waals surface area contributed by atoms with Crippen molar-refractivity contribution in [1.82, 2.24) is 10.6 Å². The average molecular weight is 451 g/mol. The number of carboxylic acid groups (broad SMARTS) is 1. The molecular formula is C26H30N2O5. The van der Waals surface area contributed by atoms with Gasteiger partial charge in [0.15, 0.2) is 0 Å². The molecule has 2 aliphatic rings. The highest BCUT2D eigenvalue weighted by molar-refractivity contribution is 5.79. The van der Waals surface area contributed by atoms with Gasteiger partial charge in [-0.3, -0.25) is 9.59 Å². The van der Waals surface area contributed by atoms with E-state index >= 15 is 0 Å². The van der Waals surface area contributed by atoms with Gasteiger partial charge in [-0.1, -0.05) is 55.0 Å². The van der Waals surface area contributed by atoms with Gasteiger partial charge >= 0.3 is 12.1 Å². The van der Waals surface area contributed by atoms with E-state index in [4.69, 9.17) is 9.84 Å². The van der Waals surface area contributed by atoms with Crippen LogP contribution in [0.1, 0.15) is 55.6 Å². The quantitative estimate of drug-likeness (QED) is 0.526. The van der Waals surface area contributed by atoms with Crippen molar-refractivity contribution >= 4 is 18.0 Å². The van der Waals surface area contributed by atoms with Crippen molar-refractivity contribution in [3.05, 3.63) is 59.7 Å². The van der Waals surface area contributed by atoms with Crippen LogP contribution < -0.4 is 10.6 Å². The minimum Gasteiger partial charge on any atom is -0.481 e. The van der Waals surface area contributed by atoms with Crippen LogP contribution >= 0.6 is 0 Å². The zero-order valence-electron chi connectivity index (χ0n) is 18.6. The third-order valence-corrected chi connectivity index (χ3v) is 6.58. The molecule has 4 rings (SSSR count). The maximum atomic E-state index is 12.2. The van der Waals surface area contributed by atoms with Crippen molar-refractivity contribution in [2.45, 2.75) is 50.5 Å². The summed E-state index contributed by atoms with van der Waals surface area (Å²) >= 11 is 0. The van der Waals surface area contributed by atoms with Crippen molar-refractivity contribution in [2.75, 3.05) is 13.2 Å². The molecule has 2 unspecified atom stereocenters. The molecule has 0 aliphatic heterocycles. The van der Waals surface area contributed by atoms with Crippen LogP contribution in [0, 0.1) is 5.92 Å². The number of rotatable bonds is 8. The summed E-state index contributed by atoms with van der Waals surface area (Å²) in [4.78, 5) is 35.5. The lowest BCUT2D eigenvalue weighted by Gasteiger charge is -2.27. The van der Waals surface area contributed by atoms with Crippen LogP contribution in [0.3, 0.4) is 0 Å². The first-order chi connectivity index (χ1) is 16.0. The van der Waals surface area contributed by atoms with Gasteiger partial charge in [-0.2, -0.15) is 0 Å². The Kier molecular flexibility index (Phi) is 7.27. The van der Waals surface area contributed by atoms with Crippen molar-refractivity contribution in [3.63, 3.8) is 0 Å². The number of alkyl carbamates (subject to hydrolysis) is 1. The summed E-state index contributed by atoms with van der Waals surface area (Å²) in [7, 11) is 0. The fourth-order valence-corrected chi connectivity index (χ4v) is 4.93. The molecule has 0 saturated heterocycles. The van der Waals surface area contributed by atoms with E-state index in [1.54, 1.807) is 0 Å². The Hall–Kier alpha value is -3.35. The predicted octanol–water partition coefficient (Wildman–Crippen LogP) is 4.06. The Morgan fingerprint density at radius 2 is 1.64 bits per heavy atom. The molecule has 0 aromatic heterocycles. The summed E-state index contributed by atoms with van der Waals surface area (Å²) in [6, 6.07) is 16.3. The maximum absolute atomic E-state index is 12.2. The first-order valence-electron chi connectivity index (χ1n) is 11.6. The number of aliphatic carboxylic acids is 1. The van der Waals surface area contributed by atoms with Gasteiger partial charge in [0, 0.05) is 24.9 Å². The van der Waals surface area contributed by atoms with Crippen LogP contribution in [0.5, 0.6) is 0 Å². The number of benzene rings is 2.